The normalized spacial score (nSPS) is 12.5. The average Bonchev–Trinajstić information content (AvgIpc) is 2.41. The first-order chi connectivity index (χ1) is 10.8. The minimum atomic E-state index is -4.78. The molecule has 0 amide bonds. The van der Waals surface area contributed by atoms with E-state index in [0.29, 0.717) is 12.1 Å². The molecule has 0 bridgehead atoms. The Balaban J connectivity index is 2.74. The molecule has 2 rings (SSSR count). The molecule has 0 aliphatic carbocycles. The number of benzene rings is 2. The van der Waals surface area contributed by atoms with Crippen LogP contribution in [0.15, 0.2) is 24.3 Å². The standard InChI is InChI=1S/C16H12F6O2/c1-7-11(15(17,18)19)3-9(5-13(7)23)10-4-12(16(20,21)22)8(2)14(24)6-10/h3-6,23-24H,1-2H3. The Labute approximate surface area is 133 Å². The third-order valence-electron chi connectivity index (χ3n) is 3.70. The van der Waals surface area contributed by atoms with E-state index in [-0.39, 0.29) is 11.1 Å². The van der Waals surface area contributed by atoms with Gasteiger partial charge >= 0.3 is 12.4 Å². The van der Waals surface area contributed by atoms with Crippen LogP contribution in [0.25, 0.3) is 11.1 Å². The fraction of sp³-hybridized carbons (Fsp3) is 0.250. The van der Waals surface area contributed by atoms with Gasteiger partial charge in [0.1, 0.15) is 11.5 Å². The van der Waals surface area contributed by atoms with Gasteiger partial charge in [0.25, 0.3) is 0 Å². The van der Waals surface area contributed by atoms with Gasteiger partial charge in [0.05, 0.1) is 11.1 Å². The Kier molecular flexibility index (Phi) is 4.20. The average molecular weight is 350 g/mol. The third-order valence-corrected chi connectivity index (χ3v) is 3.70. The molecule has 0 radical (unpaired) electrons. The van der Waals surface area contributed by atoms with Crippen molar-refractivity contribution in [1.82, 2.24) is 0 Å². The Bertz CT molecular complexity index is 723. The summed E-state index contributed by atoms with van der Waals surface area (Å²) < 4.78 is 78.0. The highest BCUT2D eigenvalue weighted by Gasteiger charge is 2.36. The van der Waals surface area contributed by atoms with Gasteiger partial charge in [-0.2, -0.15) is 26.3 Å². The smallest absolute Gasteiger partial charge is 0.416 e. The number of rotatable bonds is 1. The van der Waals surface area contributed by atoms with Crippen LogP contribution < -0.4 is 0 Å². The number of phenolic OH excluding ortho intramolecular Hbond substituents is 2. The van der Waals surface area contributed by atoms with E-state index in [1.807, 2.05) is 0 Å². The molecule has 2 aromatic carbocycles. The van der Waals surface area contributed by atoms with E-state index in [1.165, 1.54) is 0 Å². The highest BCUT2D eigenvalue weighted by atomic mass is 19.4. The van der Waals surface area contributed by atoms with Crippen LogP contribution in [-0.2, 0) is 12.4 Å². The second-order valence-electron chi connectivity index (χ2n) is 5.33. The van der Waals surface area contributed by atoms with Gasteiger partial charge in [-0.1, -0.05) is 0 Å². The molecule has 2 nitrogen and oxygen atoms in total. The van der Waals surface area contributed by atoms with Gasteiger partial charge < -0.3 is 10.2 Å². The number of phenols is 2. The zero-order valence-electron chi connectivity index (χ0n) is 12.5. The van der Waals surface area contributed by atoms with Crippen molar-refractivity contribution in [3.8, 4) is 22.6 Å². The van der Waals surface area contributed by atoms with E-state index in [2.05, 4.69) is 0 Å². The molecule has 0 spiro atoms. The SMILES string of the molecule is Cc1c(O)cc(-c2cc(O)c(C)c(C(F)(F)F)c2)cc1C(F)(F)F. The topological polar surface area (TPSA) is 40.5 Å². The van der Waals surface area contributed by atoms with Crippen LogP contribution in [0.2, 0.25) is 0 Å². The summed E-state index contributed by atoms with van der Waals surface area (Å²) in [5.41, 5.74) is -3.76. The second-order valence-corrected chi connectivity index (χ2v) is 5.33. The Morgan fingerprint density at radius 1 is 0.625 bits per heavy atom. The minimum absolute atomic E-state index is 0.286. The quantitative estimate of drug-likeness (QED) is 0.674. The first-order valence-electron chi connectivity index (χ1n) is 6.64. The molecule has 8 heteroatoms. The van der Waals surface area contributed by atoms with Crippen LogP contribution in [0.4, 0.5) is 26.3 Å². The number of hydrogen-bond donors (Lipinski definition) is 2. The van der Waals surface area contributed by atoms with Gasteiger partial charge in [-0.3, -0.25) is 0 Å². The molecular weight excluding hydrogens is 338 g/mol. The number of aromatic hydroxyl groups is 2. The maximum Gasteiger partial charge on any atom is 0.416 e. The van der Waals surface area contributed by atoms with E-state index in [1.54, 1.807) is 0 Å². The summed E-state index contributed by atoms with van der Waals surface area (Å²) in [6.07, 6.45) is -9.56. The Hall–Kier alpha value is -2.38. The molecule has 0 atom stereocenters. The summed E-state index contributed by atoms with van der Waals surface area (Å²) >= 11 is 0. The predicted molar refractivity (Wildman–Crippen MR) is 74.7 cm³/mol. The van der Waals surface area contributed by atoms with E-state index in [4.69, 9.17) is 0 Å². The lowest BCUT2D eigenvalue weighted by molar-refractivity contribution is -0.139. The molecule has 2 aromatic rings. The first kappa shape index (κ1) is 18.0. The minimum Gasteiger partial charge on any atom is -0.508 e. The van der Waals surface area contributed by atoms with Crippen molar-refractivity contribution in [2.24, 2.45) is 0 Å². The van der Waals surface area contributed by atoms with Crippen molar-refractivity contribution >= 4 is 0 Å². The molecule has 0 aromatic heterocycles. The second kappa shape index (κ2) is 5.61. The fourth-order valence-electron chi connectivity index (χ4n) is 2.32. The molecule has 0 saturated heterocycles. The monoisotopic (exact) mass is 350 g/mol. The van der Waals surface area contributed by atoms with Crippen LogP contribution in [0.3, 0.4) is 0 Å². The lowest BCUT2D eigenvalue weighted by atomic mass is 9.95. The van der Waals surface area contributed by atoms with Crippen LogP contribution in [0, 0.1) is 13.8 Å². The van der Waals surface area contributed by atoms with Crippen molar-refractivity contribution < 1.29 is 36.6 Å². The van der Waals surface area contributed by atoms with Gasteiger partial charge in [-0.05, 0) is 49.2 Å². The van der Waals surface area contributed by atoms with Crippen molar-refractivity contribution in [3.05, 3.63) is 46.5 Å². The third kappa shape index (κ3) is 3.27. The fourth-order valence-corrected chi connectivity index (χ4v) is 2.32. The summed E-state index contributed by atoms with van der Waals surface area (Å²) in [5.74, 6) is -1.40. The van der Waals surface area contributed by atoms with E-state index >= 15 is 0 Å². The lowest BCUT2D eigenvalue weighted by Crippen LogP contribution is -2.09. The van der Waals surface area contributed by atoms with E-state index in [9.17, 15) is 36.6 Å². The molecule has 24 heavy (non-hydrogen) atoms. The number of alkyl halides is 6. The molecule has 0 saturated carbocycles. The number of hydrogen-bond acceptors (Lipinski definition) is 2. The molecule has 0 heterocycles. The maximum atomic E-state index is 13.0. The molecule has 0 aliphatic rings. The molecular formula is C16H12F6O2. The zero-order valence-corrected chi connectivity index (χ0v) is 12.5. The van der Waals surface area contributed by atoms with Gasteiger partial charge in [-0.15, -0.1) is 0 Å². The zero-order chi connectivity index (χ0) is 18.4. The van der Waals surface area contributed by atoms with Gasteiger partial charge in [0, 0.05) is 11.1 Å². The van der Waals surface area contributed by atoms with Gasteiger partial charge in [-0.25, -0.2) is 0 Å². The van der Waals surface area contributed by atoms with Crippen LogP contribution in [0.1, 0.15) is 22.3 Å². The molecule has 130 valence electrons. The lowest BCUT2D eigenvalue weighted by Gasteiger charge is -2.16. The molecule has 0 aliphatic heterocycles. The summed E-state index contributed by atoms with van der Waals surface area (Å²) in [6.45, 7) is 2.10. The molecule has 2 N–H and O–H groups in total. The van der Waals surface area contributed by atoms with Gasteiger partial charge in [0.15, 0.2) is 0 Å². The summed E-state index contributed by atoms with van der Waals surface area (Å²) in [5, 5.41) is 19.3. The highest BCUT2D eigenvalue weighted by molar-refractivity contribution is 5.71. The summed E-state index contributed by atoms with van der Waals surface area (Å²) in [4.78, 5) is 0. The molecule has 0 unspecified atom stereocenters. The van der Waals surface area contributed by atoms with Crippen molar-refractivity contribution in [1.29, 1.82) is 0 Å². The van der Waals surface area contributed by atoms with E-state index in [0.717, 1.165) is 26.0 Å². The largest absolute Gasteiger partial charge is 0.508 e. The van der Waals surface area contributed by atoms with Crippen molar-refractivity contribution in [3.63, 3.8) is 0 Å². The number of halogens is 6. The van der Waals surface area contributed by atoms with Crippen LogP contribution in [0.5, 0.6) is 11.5 Å². The predicted octanol–water partition coefficient (Wildman–Crippen LogP) is 5.42. The van der Waals surface area contributed by atoms with Gasteiger partial charge in [0.2, 0.25) is 0 Å². The van der Waals surface area contributed by atoms with Crippen molar-refractivity contribution in [2.45, 2.75) is 26.2 Å². The maximum absolute atomic E-state index is 13.0. The Morgan fingerprint density at radius 2 is 0.917 bits per heavy atom. The summed E-state index contributed by atoms with van der Waals surface area (Å²) in [6, 6.07) is 3.13. The highest BCUT2D eigenvalue weighted by Crippen LogP contribution is 2.42. The van der Waals surface area contributed by atoms with Crippen molar-refractivity contribution in [2.75, 3.05) is 0 Å². The molecule has 0 fully saturated rings. The van der Waals surface area contributed by atoms with E-state index < -0.39 is 46.1 Å². The Morgan fingerprint density at radius 3 is 1.17 bits per heavy atom. The van der Waals surface area contributed by atoms with Crippen LogP contribution in [-0.4, -0.2) is 10.2 Å². The van der Waals surface area contributed by atoms with Crippen LogP contribution >= 0.6 is 0 Å². The first-order valence-corrected chi connectivity index (χ1v) is 6.64. The summed E-state index contributed by atoms with van der Waals surface area (Å²) in [7, 11) is 0.